The number of halogens is 2. The van der Waals surface area contributed by atoms with Gasteiger partial charge in [0, 0.05) is 16.6 Å². The Balaban J connectivity index is 2.04. The molecule has 2 rings (SSSR count). The number of benzene rings is 2. The normalized spacial score (nSPS) is 11.6. The fraction of sp³-hybridized carbons (Fsp3) is 0.200. The van der Waals surface area contributed by atoms with Crippen molar-refractivity contribution in [3.05, 3.63) is 63.6 Å². The van der Waals surface area contributed by atoms with E-state index in [1.807, 2.05) is 6.92 Å². The van der Waals surface area contributed by atoms with E-state index in [0.29, 0.717) is 16.5 Å². The number of aryl methyl sites for hydroxylation is 1. The van der Waals surface area contributed by atoms with E-state index in [-0.39, 0.29) is 11.4 Å². The molecule has 0 fully saturated rings. The first-order chi connectivity index (χ1) is 9.90. The van der Waals surface area contributed by atoms with Crippen LogP contribution >= 0.6 is 23.2 Å². The number of nitrogens with one attached hydrogen (secondary N) is 1. The highest BCUT2D eigenvalue weighted by molar-refractivity contribution is 7.89. The lowest BCUT2D eigenvalue weighted by atomic mass is 10.1. The molecule has 0 heterocycles. The van der Waals surface area contributed by atoms with Crippen LogP contribution in [-0.2, 0) is 16.4 Å². The molecule has 2 aromatic carbocycles. The molecule has 112 valence electrons. The van der Waals surface area contributed by atoms with Gasteiger partial charge >= 0.3 is 0 Å². The molecule has 21 heavy (non-hydrogen) atoms. The summed E-state index contributed by atoms with van der Waals surface area (Å²) < 4.78 is 26.8. The van der Waals surface area contributed by atoms with E-state index in [2.05, 4.69) is 4.72 Å². The molecule has 0 radical (unpaired) electrons. The van der Waals surface area contributed by atoms with Crippen molar-refractivity contribution >= 4 is 33.2 Å². The summed E-state index contributed by atoms with van der Waals surface area (Å²) in [6.07, 6.45) is 0.434. The summed E-state index contributed by atoms with van der Waals surface area (Å²) in [6, 6.07) is 11.9. The summed E-state index contributed by atoms with van der Waals surface area (Å²) in [7, 11) is -3.51. The Morgan fingerprint density at radius 2 is 1.57 bits per heavy atom. The van der Waals surface area contributed by atoms with Gasteiger partial charge in [0.05, 0.1) is 4.90 Å². The Hall–Kier alpha value is -1.07. The summed E-state index contributed by atoms with van der Waals surface area (Å²) in [4.78, 5) is 0.248. The molecule has 0 amide bonds. The van der Waals surface area contributed by atoms with Gasteiger partial charge in [-0.25, -0.2) is 13.1 Å². The van der Waals surface area contributed by atoms with Crippen LogP contribution in [0.4, 0.5) is 0 Å². The second-order valence-electron chi connectivity index (χ2n) is 4.66. The minimum atomic E-state index is -3.51. The Bertz CT molecular complexity index is 708. The summed E-state index contributed by atoms with van der Waals surface area (Å²) in [5, 5.41) is 1.08. The Kier molecular flexibility index (Phi) is 5.27. The Morgan fingerprint density at radius 3 is 2.14 bits per heavy atom. The van der Waals surface area contributed by atoms with Crippen molar-refractivity contribution in [2.75, 3.05) is 6.54 Å². The first kappa shape index (κ1) is 16.3. The third kappa shape index (κ3) is 4.20. The molecule has 6 heteroatoms. The number of rotatable bonds is 5. The molecule has 0 aliphatic heterocycles. The van der Waals surface area contributed by atoms with Crippen molar-refractivity contribution in [3.8, 4) is 0 Å². The number of hydrogen-bond acceptors (Lipinski definition) is 2. The highest BCUT2D eigenvalue weighted by Gasteiger charge is 2.13. The molecular formula is C15H15Cl2NO2S. The van der Waals surface area contributed by atoms with Gasteiger partial charge in [-0.05, 0) is 43.2 Å². The first-order valence-electron chi connectivity index (χ1n) is 6.39. The van der Waals surface area contributed by atoms with Gasteiger partial charge in [-0.2, -0.15) is 0 Å². The van der Waals surface area contributed by atoms with Crippen LogP contribution in [0.25, 0.3) is 0 Å². The lowest BCUT2D eigenvalue weighted by Crippen LogP contribution is -2.26. The molecule has 0 saturated heterocycles. The van der Waals surface area contributed by atoms with Crippen LogP contribution in [0.3, 0.4) is 0 Å². The van der Waals surface area contributed by atoms with E-state index >= 15 is 0 Å². The highest BCUT2D eigenvalue weighted by Crippen LogP contribution is 2.24. The van der Waals surface area contributed by atoms with Gasteiger partial charge < -0.3 is 0 Å². The van der Waals surface area contributed by atoms with Crippen molar-refractivity contribution in [2.24, 2.45) is 0 Å². The predicted octanol–water partition coefficient (Wildman–Crippen LogP) is 3.82. The van der Waals surface area contributed by atoms with Crippen molar-refractivity contribution in [1.29, 1.82) is 0 Å². The highest BCUT2D eigenvalue weighted by atomic mass is 35.5. The standard InChI is InChI=1S/C15H15Cl2NO2S/c1-11-5-7-12(8-6-11)21(19,20)18-10-9-13-14(16)3-2-4-15(13)17/h2-8,18H,9-10H2,1H3. The van der Waals surface area contributed by atoms with E-state index < -0.39 is 10.0 Å². The van der Waals surface area contributed by atoms with Crippen molar-refractivity contribution in [3.63, 3.8) is 0 Å². The maximum absolute atomic E-state index is 12.1. The predicted molar refractivity (Wildman–Crippen MR) is 86.5 cm³/mol. The summed E-state index contributed by atoms with van der Waals surface area (Å²) in [5.74, 6) is 0. The molecule has 0 unspecified atom stereocenters. The number of sulfonamides is 1. The molecular weight excluding hydrogens is 329 g/mol. The van der Waals surface area contributed by atoms with Crippen molar-refractivity contribution < 1.29 is 8.42 Å². The van der Waals surface area contributed by atoms with Crippen LogP contribution in [0.5, 0.6) is 0 Å². The zero-order chi connectivity index (χ0) is 15.5. The zero-order valence-electron chi connectivity index (χ0n) is 11.4. The average molecular weight is 344 g/mol. The minimum absolute atomic E-state index is 0.236. The van der Waals surface area contributed by atoms with Gasteiger partial charge in [-0.15, -0.1) is 0 Å². The largest absolute Gasteiger partial charge is 0.240 e. The fourth-order valence-corrected chi connectivity index (χ4v) is 3.50. The van der Waals surface area contributed by atoms with Crippen LogP contribution < -0.4 is 4.72 Å². The maximum atomic E-state index is 12.1. The molecule has 0 saturated carbocycles. The lowest BCUT2D eigenvalue weighted by Gasteiger charge is -2.09. The van der Waals surface area contributed by atoms with Crippen LogP contribution in [0.15, 0.2) is 47.4 Å². The average Bonchev–Trinajstić information content (AvgIpc) is 2.42. The smallest absolute Gasteiger partial charge is 0.211 e. The molecule has 1 N–H and O–H groups in total. The second-order valence-corrected chi connectivity index (χ2v) is 7.24. The van der Waals surface area contributed by atoms with Gasteiger partial charge in [0.1, 0.15) is 0 Å². The topological polar surface area (TPSA) is 46.2 Å². The molecule has 0 aliphatic carbocycles. The quantitative estimate of drug-likeness (QED) is 0.896. The van der Waals surface area contributed by atoms with Crippen molar-refractivity contribution in [1.82, 2.24) is 4.72 Å². The maximum Gasteiger partial charge on any atom is 0.240 e. The SMILES string of the molecule is Cc1ccc(S(=O)(=O)NCCc2c(Cl)cccc2Cl)cc1. The fourth-order valence-electron chi connectivity index (χ4n) is 1.88. The Labute approximate surface area is 135 Å². The second kappa shape index (κ2) is 6.79. The van der Waals surface area contributed by atoms with E-state index in [1.165, 1.54) is 0 Å². The number of hydrogen-bond donors (Lipinski definition) is 1. The van der Waals surface area contributed by atoms with Gasteiger partial charge in [0.2, 0.25) is 10.0 Å². The van der Waals surface area contributed by atoms with Gasteiger partial charge in [0.15, 0.2) is 0 Å². The molecule has 2 aromatic rings. The third-order valence-corrected chi connectivity index (χ3v) is 5.25. The Morgan fingerprint density at radius 1 is 1.00 bits per heavy atom. The molecule has 0 atom stereocenters. The van der Waals surface area contributed by atoms with Gasteiger partial charge in [-0.3, -0.25) is 0 Å². The van der Waals surface area contributed by atoms with Crippen LogP contribution in [0, 0.1) is 6.92 Å². The zero-order valence-corrected chi connectivity index (χ0v) is 13.8. The van der Waals surface area contributed by atoms with Gasteiger partial charge in [-0.1, -0.05) is 47.0 Å². The lowest BCUT2D eigenvalue weighted by molar-refractivity contribution is 0.581. The monoisotopic (exact) mass is 343 g/mol. The molecule has 0 aromatic heterocycles. The van der Waals surface area contributed by atoms with E-state index in [0.717, 1.165) is 11.1 Å². The minimum Gasteiger partial charge on any atom is -0.211 e. The third-order valence-electron chi connectivity index (χ3n) is 3.06. The first-order valence-corrected chi connectivity index (χ1v) is 8.63. The molecule has 0 bridgehead atoms. The van der Waals surface area contributed by atoms with E-state index in [4.69, 9.17) is 23.2 Å². The molecule has 3 nitrogen and oxygen atoms in total. The van der Waals surface area contributed by atoms with Crippen LogP contribution in [-0.4, -0.2) is 15.0 Å². The summed E-state index contributed by atoms with van der Waals surface area (Å²) in [6.45, 7) is 2.14. The van der Waals surface area contributed by atoms with E-state index in [9.17, 15) is 8.42 Å². The summed E-state index contributed by atoms with van der Waals surface area (Å²) in [5.41, 5.74) is 1.75. The van der Waals surface area contributed by atoms with Crippen LogP contribution in [0.2, 0.25) is 10.0 Å². The van der Waals surface area contributed by atoms with Crippen LogP contribution in [0.1, 0.15) is 11.1 Å². The summed E-state index contributed by atoms with van der Waals surface area (Å²) >= 11 is 12.1. The molecule has 0 spiro atoms. The van der Waals surface area contributed by atoms with E-state index in [1.54, 1.807) is 42.5 Å². The molecule has 0 aliphatic rings. The van der Waals surface area contributed by atoms with Crippen molar-refractivity contribution in [2.45, 2.75) is 18.2 Å². The van der Waals surface area contributed by atoms with Gasteiger partial charge in [0.25, 0.3) is 0 Å².